The molecule has 0 spiro atoms. The molecule has 2 aromatic heterocycles. The first kappa shape index (κ1) is 11.5. The highest BCUT2D eigenvalue weighted by Gasteiger charge is 2.46. The molecule has 0 amide bonds. The van der Waals surface area contributed by atoms with Crippen LogP contribution in [0.1, 0.15) is 6.42 Å². The smallest absolute Gasteiger partial charge is 0.258 e. The average molecular weight is 252 g/mol. The average Bonchev–Trinajstić information content (AvgIpc) is 2.91. The van der Waals surface area contributed by atoms with Crippen LogP contribution in [0.5, 0.6) is 0 Å². The molecule has 18 heavy (non-hydrogen) atoms. The van der Waals surface area contributed by atoms with Gasteiger partial charge in [0.1, 0.15) is 24.3 Å². The van der Waals surface area contributed by atoms with Crippen molar-refractivity contribution in [2.24, 2.45) is 0 Å². The third-order valence-electron chi connectivity index (χ3n) is 3.01. The van der Waals surface area contributed by atoms with Crippen LogP contribution in [0, 0.1) is 0 Å². The summed E-state index contributed by atoms with van der Waals surface area (Å²) in [5.41, 5.74) is 0.912. The first-order valence-electron chi connectivity index (χ1n) is 5.47. The quantitative estimate of drug-likeness (QED) is 0.600. The maximum atomic E-state index is 10.4. The van der Waals surface area contributed by atoms with E-state index in [1.54, 1.807) is 0 Å². The minimum Gasteiger partial charge on any atom is -0.394 e. The third-order valence-corrected chi connectivity index (χ3v) is 3.01. The Hall–Kier alpha value is -1.61. The van der Waals surface area contributed by atoms with E-state index >= 15 is 0 Å². The van der Waals surface area contributed by atoms with Crippen LogP contribution in [0.3, 0.4) is 0 Å². The van der Waals surface area contributed by atoms with Gasteiger partial charge in [-0.05, 0) is 0 Å². The van der Waals surface area contributed by atoms with Gasteiger partial charge < -0.3 is 20.1 Å². The molecule has 0 radical (unpaired) electrons. The highest BCUT2D eigenvalue weighted by molar-refractivity contribution is 5.69. The number of aromatic nitrogens is 4. The van der Waals surface area contributed by atoms with Gasteiger partial charge in [-0.3, -0.25) is 4.57 Å². The maximum absolute atomic E-state index is 10.4. The Balaban J connectivity index is 2.04. The molecule has 1 fully saturated rings. The standard InChI is InChI=1S/C10H12N4O4/c15-3-8-7(16)1-10(17,18-8)14-5-13-6-2-11-4-12-9(6)14/h2,4-5,7-8,15-17H,1,3H2/t7-,8+,10-/m0/s1. The van der Waals surface area contributed by atoms with E-state index in [2.05, 4.69) is 15.0 Å². The minimum atomic E-state index is -1.75. The predicted octanol–water partition coefficient (Wildman–Crippen LogP) is -1.43. The molecule has 3 atom stereocenters. The molecular formula is C10H12N4O4. The molecule has 1 aliphatic heterocycles. The summed E-state index contributed by atoms with van der Waals surface area (Å²) in [5, 5.41) is 29.1. The van der Waals surface area contributed by atoms with Crippen LogP contribution in [0.15, 0.2) is 18.9 Å². The van der Waals surface area contributed by atoms with E-state index in [4.69, 9.17) is 9.84 Å². The first-order valence-corrected chi connectivity index (χ1v) is 5.47. The van der Waals surface area contributed by atoms with Crippen molar-refractivity contribution >= 4 is 11.2 Å². The molecular weight excluding hydrogens is 240 g/mol. The summed E-state index contributed by atoms with van der Waals surface area (Å²) in [5.74, 6) is -1.75. The molecule has 0 aromatic carbocycles. The second-order valence-corrected chi connectivity index (χ2v) is 4.20. The highest BCUT2D eigenvalue weighted by Crippen LogP contribution is 2.34. The molecule has 3 N–H and O–H groups in total. The largest absolute Gasteiger partial charge is 0.394 e. The number of ether oxygens (including phenoxy) is 1. The lowest BCUT2D eigenvalue weighted by atomic mass is 10.2. The summed E-state index contributed by atoms with van der Waals surface area (Å²) in [6, 6.07) is 0. The molecule has 0 unspecified atom stereocenters. The number of fused-ring (bicyclic) bond motifs is 1. The Kier molecular flexibility index (Phi) is 2.52. The molecule has 1 aliphatic rings. The topological polar surface area (TPSA) is 114 Å². The fourth-order valence-corrected chi connectivity index (χ4v) is 2.11. The highest BCUT2D eigenvalue weighted by atomic mass is 16.7. The van der Waals surface area contributed by atoms with Gasteiger partial charge in [0.05, 0.1) is 25.3 Å². The van der Waals surface area contributed by atoms with E-state index in [-0.39, 0.29) is 13.0 Å². The molecule has 3 heterocycles. The first-order chi connectivity index (χ1) is 8.64. The molecule has 8 heteroatoms. The third kappa shape index (κ3) is 1.58. The summed E-state index contributed by atoms with van der Waals surface area (Å²) < 4.78 is 6.60. The lowest BCUT2D eigenvalue weighted by Gasteiger charge is -2.23. The maximum Gasteiger partial charge on any atom is 0.258 e. The second-order valence-electron chi connectivity index (χ2n) is 4.20. The van der Waals surface area contributed by atoms with E-state index in [1.807, 2.05) is 0 Å². The monoisotopic (exact) mass is 252 g/mol. The molecule has 2 aromatic rings. The Morgan fingerprint density at radius 1 is 1.50 bits per heavy atom. The summed E-state index contributed by atoms with van der Waals surface area (Å²) >= 11 is 0. The lowest BCUT2D eigenvalue weighted by Crippen LogP contribution is -2.33. The normalized spacial score (nSPS) is 32.2. The zero-order chi connectivity index (χ0) is 12.8. The van der Waals surface area contributed by atoms with Crippen LogP contribution in [-0.2, 0) is 10.6 Å². The predicted molar refractivity (Wildman–Crippen MR) is 58.1 cm³/mol. The van der Waals surface area contributed by atoms with Crippen LogP contribution in [0.4, 0.5) is 0 Å². The van der Waals surface area contributed by atoms with Gasteiger partial charge in [0, 0.05) is 0 Å². The molecule has 3 rings (SSSR count). The molecule has 0 bridgehead atoms. The number of hydrogen-bond acceptors (Lipinski definition) is 7. The number of imidazole rings is 1. The van der Waals surface area contributed by atoms with Crippen LogP contribution in [0.2, 0.25) is 0 Å². The summed E-state index contributed by atoms with van der Waals surface area (Å²) in [4.78, 5) is 11.9. The number of aliphatic hydroxyl groups is 3. The van der Waals surface area contributed by atoms with Crippen molar-refractivity contribution in [3.63, 3.8) is 0 Å². The van der Waals surface area contributed by atoms with Gasteiger partial charge in [-0.1, -0.05) is 0 Å². The van der Waals surface area contributed by atoms with E-state index in [0.717, 1.165) is 0 Å². The summed E-state index contributed by atoms with van der Waals surface area (Å²) in [6.45, 7) is -0.370. The van der Waals surface area contributed by atoms with Crippen molar-refractivity contribution in [3.8, 4) is 0 Å². The van der Waals surface area contributed by atoms with E-state index < -0.39 is 18.1 Å². The van der Waals surface area contributed by atoms with Crippen LogP contribution >= 0.6 is 0 Å². The summed E-state index contributed by atoms with van der Waals surface area (Å²) in [7, 11) is 0. The van der Waals surface area contributed by atoms with Crippen molar-refractivity contribution in [2.75, 3.05) is 6.61 Å². The molecule has 1 saturated heterocycles. The number of aliphatic hydroxyl groups excluding tert-OH is 2. The van der Waals surface area contributed by atoms with Gasteiger partial charge in [0.15, 0.2) is 5.65 Å². The number of nitrogens with zero attached hydrogens (tertiary/aromatic N) is 4. The van der Waals surface area contributed by atoms with Crippen molar-refractivity contribution in [3.05, 3.63) is 18.9 Å². The Morgan fingerprint density at radius 2 is 2.33 bits per heavy atom. The zero-order valence-corrected chi connectivity index (χ0v) is 9.34. The Morgan fingerprint density at radius 3 is 3.06 bits per heavy atom. The van der Waals surface area contributed by atoms with Crippen LogP contribution in [-0.4, -0.2) is 53.7 Å². The Bertz CT molecular complexity index is 574. The molecule has 96 valence electrons. The van der Waals surface area contributed by atoms with E-state index in [0.29, 0.717) is 11.2 Å². The second kappa shape index (κ2) is 3.95. The molecule has 0 saturated carbocycles. The number of rotatable bonds is 2. The van der Waals surface area contributed by atoms with E-state index in [9.17, 15) is 10.2 Å². The number of hydrogen-bond donors (Lipinski definition) is 3. The fraction of sp³-hybridized carbons (Fsp3) is 0.500. The van der Waals surface area contributed by atoms with Crippen molar-refractivity contribution in [1.82, 2.24) is 19.5 Å². The molecule has 8 nitrogen and oxygen atoms in total. The summed E-state index contributed by atoms with van der Waals surface area (Å²) in [6.07, 6.45) is 2.38. The lowest BCUT2D eigenvalue weighted by molar-refractivity contribution is -0.254. The van der Waals surface area contributed by atoms with Crippen molar-refractivity contribution in [1.29, 1.82) is 0 Å². The van der Waals surface area contributed by atoms with E-state index in [1.165, 1.54) is 23.4 Å². The minimum absolute atomic E-state index is 0.0618. The van der Waals surface area contributed by atoms with Crippen molar-refractivity contribution < 1.29 is 20.1 Å². The Labute approximate surface area is 102 Å². The van der Waals surface area contributed by atoms with Gasteiger partial charge in [0.2, 0.25) is 0 Å². The van der Waals surface area contributed by atoms with Gasteiger partial charge in [-0.25, -0.2) is 15.0 Å². The van der Waals surface area contributed by atoms with Gasteiger partial charge >= 0.3 is 0 Å². The van der Waals surface area contributed by atoms with Gasteiger partial charge in [0.25, 0.3) is 5.91 Å². The van der Waals surface area contributed by atoms with Crippen molar-refractivity contribution in [2.45, 2.75) is 24.5 Å². The molecule has 0 aliphatic carbocycles. The van der Waals surface area contributed by atoms with Crippen LogP contribution < -0.4 is 0 Å². The van der Waals surface area contributed by atoms with Crippen LogP contribution in [0.25, 0.3) is 11.2 Å². The zero-order valence-electron chi connectivity index (χ0n) is 9.34. The van der Waals surface area contributed by atoms with Gasteiger partial charge in [-0.15, -0.1) is 0 Å². The van der Waals surface area contributed by atoms with Gasteiger partial charge in [-0.2, -0.15) is 0 Å². The SMILES string of the molecule is OC[C@H]1O[C@](O)(n2cnc3cncnc32)C[C@@H]1O. The fourth-order valence-electron chi connectivity index (χ4n) is 2.11.